The van der Waals surface area contributed by atoms with E-state index < -0.39 is 0 Å². The van der Waals surface area contributed by atoms with Gasteiger partial charge in [-0.15, -0.1) is 0 Å². The van der Waals surface area contributed by atoms with Crippen LogP contribution in [0.3, 0.4) is 0 Å². The number of hydrogen-bond donors (Lipinski definition) is 3. The van der Waals surface area contributed by atoms with Crippen molar-refractivity contribution in [2.24, 2.45) is 0 Å². The zero-order chi connectivity index (χ0) is 8.72. The highest BCUT2D eigenvalue weighted by atomic mass is 16.3. The van der Waals surface area contributed by atoms with E-state index in [0.29, 0.717) is 17.2 Å². The highest BCUT2D eigenvalue weighted by Crippen LogP contribution is 2.29. The molecule has 0 bridgehead atoms. The van der Waals surface area contributed by atoms with Gasteiger partial charge in [0, 0.05) is 7.05 Å². The summed E-state index contributed by atoms with van der Waals surface area (Å²) in [7, 11) is 1.75. The number of nitrogen functional groups attached to an aromatic ring is 2. The monoisotopic (exact) mass is 166 g/mol. The quantitative estimate of drug-likeness (QED) is 0.578. The van der Waals surface area contributed by atoms with E-state index in [1.54, 1.807) is 24.1 Å². The maximum absolute atomic E-state index is 5.71. The number of nitrogens with zero attached hydrogens (tertiary/aromatic N) is 1. The Kier molecular flexibility index (Phi) is 1.21. The van der Waals surface area contributed by atoms with Gasteiger partial charge in [0.25, 0.3) is 0 Å². The van der Waals surface area contributed by atoms with Crippen LogP contribution in [-0.2, 0) is 0 Å². The number of nitrogens with two attached hydrogens (primary N) is 2. The van der Waals surface area contributed by atoms with Gasteiger partial charge in [-0.05, 0) is 6.07 Å². The van der Waals surface area contributed by atoms with Gasteiger partial charge >= 0.3 is 0 Å². The molecule has 0 aromatic carbocycles. The molecular weight excluding hydrogens is 156 g/mol. The molecule has 2 rings (SSSR count). The van der Waals surface area contributed by atoms with E-state index in [9.17, 15) is 0 Å². The minimum Gasteiger partial charge on any atom is -0.446 e. The first-order chi connectivity index (χ1) is 5.75. The third-order valence-corrected chi connectivity index (χ3v) is 1.88. The van der Waals surface area contributed by atoms with Crippen LogP contribution in [0.1, 0.15) is 0 Å². The molecule has 0 spiro atoms. The minimum absolute atomic E-state index is 0.479. The normalized spacial score (nSPS) is 10.8. The van der Waals surface area contributed by atoms with E-state index in [2.05, 4.69) is 5.43 Å². The van der Waals surface area contributed by atoms with Gasteiger partial charge in [0.2, 0.25) is 5.71 Å². The first kappa shape index (κ1) is 6.90. The molecule has 2 aromatic rings. The maximum Gasteiger partial charge on any atom is 0.229 e. The predicted molar refractivity (Wildman–Crippen MR) is 48.3 cm³/mol. The van der Waals surface area contributed by atoms with Crippen molar-refractivity contribution < 1.29 is 4.42 Å². The number of anilines is 2. The Morgan fingerprint density at radius 3 is 2.92 bits per heavy atom. The van der Waals surface area contributed by atoms with Crippen molar-refractivity contribution in [1.29, 1.82) is 0 Å². The molecule has 0 aliphatic heterocycles. The smallest absolute Gasteiger partial charge is 0.229 e. The zero-order valence-electron chi connectivity index (χ0n) is 6.66. The highest BCUT2D eigenvalue weighted by Gasteiger charge is 2.13. The Labute approximate surface area is 68.9 Å². The Balaban J connectivity index is 2.88. The summed E-state index contributed by atoms with van der Waals surface area (Å²) in [6.45, 7) is 0. The Bertz CT molecular complexity index is 414. The fourth-order valence-corrected chi connectivity index (χ4v) is 1.27. The van der Waals surface area contributed by atoms with Gasteiger partial charge < -0.3 is 21.3 Å². The Morgan fingerprint density at radius 2 is 2.25 bits per heavy atom. The van der Waals surface area contributed by atoms with E-state index in [-0.39, 0.29) is 0 Å². The second-order valence-electron chi connectivity index (χ2n) is 2.50. The van der Waals surface area contributed by atoms with Crippen molar-refractivity contribution >= 4 is 22.6 Å². The van der Waals surface area contributed by atoms with Gasteiger partial charge in [0.1, 0.15) is 5.82 Å². The first-order valence-electron chi connectivity index (χ1n) is 3.56. The summed E-state index contributed by atoms with van der Waals surface area (Å²) in [4.78, 5) is 0. The zero-order valence-corrected chi connectivity index (χ0v) is 6.66. The van der Waals surface area contributed by atoms with Crippen LogP contribution in [-0.4, -0.2) is 11.7 Å². The maximum atomic E-state index is 5.71. The van der Waals surface area contributed by atoms with Crippen molar-refractivity contribution in [3.8, 4) is 0 Å². The topological polar surface area (TPSA) is 82.1 Å². The molecule has 64 valence electrons. The Hall–Kier alpha value is -1.78. The van der Waals surface area contributed by atoms with Crippen LogP contribution >= 0.6 is 0 Å². The van der Waals surface area contributed by atoms with Crippen molar-refractivity contribution in [3.63, 3.8) is 0 Å². The highest BCUT2D eigenvalue weighted by molar-refractivity contribution is 5.95. The summed E-state index contributed by atoms with van der Waals surface area (Å²) in [6.07, 6.45) is 1.58. The molecule has 5 heteroatoms. The predicted octanol–water partition coefficient (Wildman–Crippen LogP) is 0.572. The molecule has 2 heterocycles. The van der Waals surface area contributed by atoms with E-state index in [4.69, 9.17) is 15.9 Å². The van der Waals surface area contributed by atoms with Crippen molar-refractivity contribution in [3.05, 3.63) is 12.3 Å². The van der Waals surface area contributed by atoms with Gasteiger partial charge in [0.05, 0.1) is 17.3 Å². The summed E-state index contributed by atoms with van der Waals surface area (Å²) < 4.78 is 6.78. The largest absolute Gasteiger partial charge is 0.446 e. The van der Waals surface area contributed by atoms with E-state index >= 15 is 0 Å². The molecule has 0 saturated heterocycles. The van der Waals surface area contributed by atoms with Crippen LogP contribution in [0.4, 0.5) is 11.5 Å². The lowest BCUT2D eigenvalue weighted by Crippen LogP contribution is -2.11. The first-order valence-corrected chi connectivity index (χ1v) is 3.56. The molecule has 5 nitrogen and oxygen atoms in total. The van der Waals surface area contributed by atoms with E-state index in [1.807, 2.05) is 0 Å². The number of rotatable bonds is 1. The number of hydrogen-bond acceptors (Lipinski definition) is 4. The van der Waals surface area contributed by atoms with Crippen LogP contribution in [0.2, 0.25) is 0 Å². The molecule has 5 N–H and O–H groups in total. The third-order valence-electron chi connectivity index (χ3n) is 1.88. The van der Waals surface area contributed by atoms with Gasteiger partial charge in [0.15, 0.2) is 0 Å². The lowest BCUT2D eigenvalue weighted by molar-refractivity contribution is 0.588. The molecule has 12 heavy (non-hydrogen) atoms. The van der Waals surface area contributed by atoms with Crippen molar-refractivity contribution in [1.82, 2.24) is 4.68 Å². The average molecular weight is 166 g/mol. The van der Waals surface area contributed by atoms with E-state index in [0.717, 1.165) is 5.39 Å². The van der Waals surface area contributed by atoms with Crippen molar-refractivity contribution in [2.45, 2.75) is 0 Å². The fourth-order valence-electron chi connectivity index (χ4n) is 1.27. The number of furan rings is 1. The molecule has 0 atom stereocenters. The van der Waals surface area contributed by atoms with Crippen LogP contribution in [0.5, 0.6) is 0 Å². The Morgan fingerprint density at radius 1 is 1.50 bits per heavy atom. The van der Waals surface area contributed by atoms with Gasteiger partial charge in [-0.25, -0.2) is 4.68 Å². The lowest BCUT2D eigenvalue weighted by Gasteiger charge is -2.02. The molecule has 0 unspecified atom stereocenters. The van der Waals surface area contributed by atoms with Gasteiger partial charge in [-0.3, -0.25) is 0 Å². The summed E-state index contributed by atoms with van der Waals surface area (Å²) in [5.41, 5.74) is 15.5. The van der Waals surface area contributed by atoms with Crippen LogP contribution < -0.4 is 16.9 Å². The third kappa shape index (κ3) is 0.623. The minimum atomic E-state index is 0.479. The second kappa shape index (κ2) is 2.10. The van der Waals surface area contributed by atoms with Gasteiger partial charge in [-0.1, -0.05) is 0 Å². The van der Waals surface area contributed by atoms with Crippen LogP contribution in [0.15, 0.2) is 16.7 Å². The molecule has 0 fully saturated rings. The van der Waals surface area contributed by atoms with E-state index in [1.165, 1.54) is 0 Å². The molecule has 0 aliphatic rings. The molecule has 0 saturated carbocycles. The summed E-state index contributed by atoms with van der Waals surface area (Å²) >= 11 is 0. The van der Waals surface area contributed by atoms with Crippen LogP contribution in [0.25, 0.3) is 11.1 Å². The average Bonchev–Trinajstić information content (AvgIpc) is 2.59. The second-order valence-corrected chi connectivity index (χ2v) is 2.50. The summed E-state index contributed by atoms with van der Waals surface area (Å²) in [5.74, 6) is 0.479. The van der Waals surface area contributed by atoms with Crippen molar-refractivity contribution in [2.75, 3.05) is 23.9 Å². The SMILES string of the molecule is CNn1c(N)c(N)c2ccoc21. The fraction of sp³-hybridized carbons (Fsp3) is 0.143. The summed E-state index contributed by atoms with van der Waals surface area (Å²) in [6, 6.07) is 1.79. The van der Waals surface area contributed by atoms with Crippen LogP contribution in [0, 0.1) is 0 Å². The molecule has 2 aromatic heterocycles. The molecule has 0 amide bonds. The standard InChI is InChI=1S/C7H10N4O/c1-10-11-6(9)5(8)4-2-3-12-7(4)11/h2-3,10H,8-9H2,1H3. The lowest BCUT2D eigenvalue weighted by atomic mass is 10.3. The number of nitrogens with one attached hydrogen (secondary N) is 1. The molecule has 0 radical (unpaired) electrons. The molecular formula is C7H10N4O. The number of fused-ring (bicyclic) bond motifs is 1. The van der Waals surface area contributed by atoms with Gasteiger partial charge in [-0.2, -0.15) is 0 Å². The molecule has 0 aliphatic carbocycles. The number of aromatic nitrogens is 1. The summed E-state index contributed by atoms with van der Waals surface area (Å²) in [5, 5.41) is 0.835.